The van der Waals surface area contributed by atoms with Crippen LogP contribution in [-0.2, 0) is 9.53 Å². The van der Waals surface area contributed by atoms with Gasteiger partial charge in [-0.15, -0.1) is 0 Å². The van der Waals surface area contributed by atoms with Crippen molar-refractivity contribution in [2.24, 2.45) is 0 Å². The second-order valence-corrected chi connectivity index (χ2v) is 5.29. The van der Waals surface area contributed by atoms with Crippen molar-refractivity contribution < 1.29 is 24.1 Å². The number of allylic oxidation sites excluding steroid dienone is 1. The molecule has 1 N–H and O–H groups in total. The Balaban J connectivity index is 2.57. The fraction of sp³-hybridized carbons (Fsp3) is 0.389. The van der Waals surface area contributed by atoms with Gasteiger partial charge in [-0.2, -0.15) is 0 Å². The molecule has 0 fully saturated rings. The van der Waals surface area contributed by atoms with Crippen molar-refractivity contribution in [2.45, 2.75) is 24.9 Å². The van der Waals surface area contributed by atoms with Gasteiger partial charge in [-0.3, -0.25) is 0 Å². The Morgan fingerprint density at radius 2 is 2.04 bits per heavy atom. The van der Waals surface area contributed by atoms with Gasteiger partial charge in [-0.05, 0) is 24.5 Å². The molecule has 23 heavy (non-hydrogen) atoms. The minimum absolute atomic E-state index is 0.366. The van der Waals surface area contributed by atoms with E-state index in [1.54, 1.807) is 26.4 Å². The van der Waals surface area contributed by atoms with Crippen molar-refractivity contribution in [1.82, 2.24) is 0 Å². The number of carbonyl (C=O) groups excluding carboxylic acids is 1. The fourth-order valence-corrected chi connectivity index (χ4v) is 2.73. The van der Waals surface area contributed by atoms with E-state index in [0.29, 0.717) is 17.9 Å². The van der Waals surface area contributed by atoms with E-state index in [9.17, 15) is 9.90 Å². The Hall–Kier alpha value is -2.27. The first-order valence-corrected chi connectivity index (χ1v) is 7.47. The molecule has 0 unspecified atom stereocenters. The highest BCUT2D eigenvalue weighted by atomic mass is 16.5. The van der Waals surface area contributed by atoms with Crippen molar-refractivity contribution in [3.63, 3.8) is 0 Å². The number of fused-ring (bicyclic) bond motifs is 1. The molecule has 0 heterocycles. The molecule has 0 saturated carbocycles. The number of esters is 1. The molecule has 0 aromatic heterocycles. The Labute approximate surface area is 136 Å². The van der Waals surface area contributed by atoms with E-state index in [-0.39, 0.29) is 5.92 Å². The molecule has 0 bridgehead atoms. The highest BCUT2D eigenvalue weighted by molar-refractivity contribution is 5.82. The van der Waals surface area contributed by atoms with Crippen LogP contribution in [0.25, 0.3) is 6.08 Å². The zero-order chi connectivity index (χ0) is 16.8. The van der Waals surface area contributed by atoms with Gasteiger partial charge in [0.15, 0.2) is 0 Å². The number of hydrogen-bond donors (Lipinski definition) is 1. The molecular formula is C18H22O5. The predicted molar refractivity (Wildman–Crippen MR) is 87.7 cm³/mol. The van der Waals surface area contributed by atoms with Crippen molar-refractivity contribution in [3.05, 3.63) is 41.5 Å². The minimum atomic E-state index is -0.623. The van der Waals surface area contributed by atoms with Crippen molar-refractivity contribution in [2.75, 3.05) is 21.3 Å². The number of hydrogen-bond acceptors (Lipinski definition) is 5. The molecule has 124 valence electrons. The molecule has 5 heteroatoms. The Morgan fingerprint density at radius 1 is 1.26 bits per heavy atom. The van der Waals surface area contributed by atoms with E-state index in [2.05, 4.69) is 4.74 Å². The highest BCUT2D eigenvalue weighted by Gasteiger charge is 2.26. The first-order chi connectivity index (χ1) is 11.1. The summed E-state index contributed by atoms with van der Waals surface area (Å²) in [5, 5.41) is 10.5. The first kappa shape index (κ1) is 17.1. The summed E-state index contributed by atoms with van der Waals surface area (Å²) in [6.07, 6.45) is 7.74. The molecule has 5 nitrogen and oxygen atoms in total. The van der Waals surface area contributed by atoms with Crippen LogP contribution in [0.4, 0.5) is 0 Å². The lowest BCUT2D eigenvalue weighted by atomic mass is 9.84. The number of rotatable bonds is 4. The number of benzene rings is 1. The molecule has 0 radical (unpaired) electrons. The third kappa shape index (κ3) is 3.93. The smallest absolute Gasteiger partial charge is 0.330 e. The molecule has 1 aliphatic rings. The van der Waals surface area contributed by atoms with Gasteiger partial charge >= 0.3 is 5.97 Å². The van der Waals surface area contributed by atoms with E-state index in [0.717, 1.165) is 17.5 Å². The van der Waals surface area contributed by atoms with Crippen LogP contribution in [-0.4, -0.2) is 38.5 Å². The fourth-order valence-electron chi connectivity index (χ4n) is 2.73. The second kappa shape index (κ2) is 7.83. The van der Waals surface area contributed by atoms with E-state index in [4.69, 9.17) is 9.47 Å². The lowest BCUT2D eigenvalue weighted by Gasteiger charge is -2.26. The first-order valence-electron chi connectivity index (χ1n) is 7.47. The van der Waals surface area contributed by atoms with Crippen LogP contribution in [0.1, 0.15) is 29.9 Å². The molecule has 2 rings (SSSR count). The van der Waals surface area contributed by atoms with Crippen LogP contribution >= 0.6 is 0 Å². The summed E-state index contributed by atoms with van der Waals surface area (Å²) in [4.78, 5) is 11.4. The maximum absolute atomic E-state index is 11.4. The van der Waals surface area contributed by atoms with Gasteiger partial charge in [-0.25, -0.2) is 4.79 Å². The Kier molecular flexibility index (Phi) is 5.82. The summed E-state index contributed by atoms with van der Waals surface area (Å²) in [6.45, 7) is 0. The maximum atomic E-state index is 11.4. The van der Waals surface area contributed by atoms with Gasteiger partial charge in [-0.1, -0.05) is 18.2 Å². The summed E-state index contributed by atoms with van der Waals surface area (Å²) in [6, 6.07) is 3.67. The third-order valence-electron chi connectivity index (χ3n) is 3.92. The van der Waals surface area contributed by atoms with Crippen LogP contribution in [0.15, 0.2) is 30.4 Å². The van der Waals surface area contributed by atoms with E-state index in [1.165, 1.54) is 13.2 Å². The second-order valence-electron chi connectivity index (χ2n) is 5.29. The van der Waals surface area contributed by atoms with Gasteiger partial charge in [0.05, 0.1) is 27.4 Å². The van der Waals surface area contributed by atoms with Gasteiger partial charge in [0.1, 0.15) is 11.5 Å². The lowest BCUT2D eigenvalue weighted by molar-refractivity contribution is -0.134. The number of methoxy groups -OCH3 is 3. The standard InChI is InChI=1S/C18H22O5/c1-21-13-10-12-6-4-5-7-15(19)14(8-9-17(20)23-3)18(12)16(11-13)22-2/h4,6,8-11,14-15,19H,5,7H2,1-3H3/b6-4-,9-8+/t14-,15+/m1/s1. The number of carbonyl (C=O) groups is 1. The van der Waals surface area contributed by atoms with Crippen LogP contribution in [0, 0.1) is 0 Å². The maximum Gasteiger partial charge on any atom is 0.330 e. The third-order valence-corrected chi connectivity index (χ3v) is 3.92. The topological polar surface area (TPSA) is 65.0 Å². The molecule has 0 amide bonds. The van der Waals surface area contributed by atoms with E-state index < -0.39 is 12.1 Å². The minimum Gasteiger partial charge on any atom is -0.497 e. The average molecular weight is 318 g/mol. The van der Waals surface area contributed by atoms with Gasteiger partial charge in [0.25, 0.3) is 0 Å². The lowest BCUT2D eigenvalue weighted by Crippen LogP contribution is -2.20. The zero-order valence-electron chi connectivity index (χ0n) is 13.6. The molecule has 1 aromatic carbocycles. The predicted octanol–water partition coefficient (Wildman–Crippen LogP) is 2.68. The van der Waals surface area contributed by atoms with E-state index >= 15 is 0 Å². The Morgan fingerprint density at radius 3 is 2.70 bits per heavy atom. The van der Waals surface area contributed by atoms with Gasteiger partial charge < -0.3 is 19.3 Å². The largest absolute Gasteiger partial charge is 0.497 e. The number of aliphatic hydroxyl groups excluding tert-OH is 1. The highest BCUT2D eigenvalue weighted by Crippen LogP contribution is 2.39. The zero-order valence-corrected chi connectivity index (χ0v) is 13.6. The molecule has 0 spiro atoms. The van der Waals surface area contributed by atoms with Gasteiger partial charge in [0, 0.05) is 23.6 Å². The number of ether oxygens (including phenoxy) is 3. The van der Waals surface area contributed by atoms with Crippen LogP contribution in [0.2, 0.25) is 0 Å². The summed E-state index contributed by atoms with van der Waals surface area (Å²) in [7, 11) is 4.49. The summed E-state index contributed by atoms with van der Waals surface area (Å²) >= 11 is 0. The normalized spacial score (nSPS) is 21.9. The van der Waals surface area contributed by atoms with Crippen molar-refractivity contribution >= 4 is 12.0 Å². The molecule has 0 aliphatic heterocycles. The van der Waals surface area contributed by atoms with Crippen LogP contribution < -0.4 is 9.47 Å². The number of aliphatic hydroxyl groups is 1. The summed E-state index contributed by atoms with van der Waals surface area (Å²) in [5.41, 5.74) is 1.73. The summed E-state index contributed by atoms with van der Waals surface area (Å²) < 4.78 is 15.4. The van der Waals surface area contributed by atoms with Gasteiger partial charge in [0.2, 0.25) is 0 Å². The van der Waals surface area contributed by atoms with Crippen LogP contribution in [0.3, 0.4) is 0 Å². The Bertz CT molecular complexity index is 618. The molecule has 2 atom stereocenters. The van der Waals surface area contributed by atoms with E-state index in [1.807, 2.05) is 18.2 Å². The van der Waals surface area contributed by atoms with Crippen molar-refractivity contribution in [3.8, 4) is 11.5 Å². The molecule has 1 aromatic rings. The monoisotopic (exact) mass is 318 g/mol. The average Bonchev–Trinajstić information content (AvgIpc) is 2.57. The molecule has 0 saturated heterocycles. The van der Waals surface area contributed by atoms with Crippen LogP contribution in [0.5, 0.6) is 11.5 Å². The van der Waals surface area contributed by atoms with Crippen molar-refractivity contribution in [1.29, 1.82) is 0 Å². The SMILES string of the molecule is COC(=O)/C=C/[C@H]1c2c(cc(OC)cc2OC)/C=C\CC[C@@H]1O. The quantitative estimate of drug-likeness (QED) is 0.683. The molecule has 1 aliphatic carbocycles. The molecular weight excluding hydrogens is 296 g/mol. The summed E-state index contributed by atoms with van der Waals surface area (Å²) in [5.74, 6) is 0.471.